The van der Waals surface area contributed by atoms with E-state index in [1.54, 1.807) is 0 Å². The Labute approximate surface area is 140 Å². The summed E-state index contributed by atoms with van der Waals surface area (Å²) in [7, 11) is 0. The van der Waals surface area contributed by atoms with Crippen LogP contribution in [-0.2, 0) is 0 Å². The molecule has 2 rings (SSSR count). The molecule has 0 atom stereocenters. The van der Waals surface area contributed by atoms with E-state index >= 15 is 0 Å². The summed E-state index contributed by atoms with van der Waals surface area (Å²) in [5.74, 6) is -12.9. The maximum absolute atomic E-state index is 14.4. The SMILES string of the molecule is [C-]#[N+]/C(C#N)=c1\c(F)c(F)c2c(F)/c(=C(/C#N)[N+]#[C-])c(F)c(F)c2c1F. The predicted molar refractivity (Wildman–Crippen MR) is 74.2 cm³/mol. The van der Waals surface area contributed by atoms with E-state index < -0.39 is 67.5 Å². The van der Waals surface area contributed by atoms with Gasteiger partial charge in [0.05, 0.1) is 46.5 Å². The van der Waals surface area contributed by atoms with Gasteiger partial charge in [-0.25, -0.2) is 46.6 Å². The molecule has 0 fully saturated rings. The van der Waals surface area contributed by atoms with Gasteiger partial charge in [-0.2, -0.15) is 0 Å². The molecule has 0 radical (unpaired) electrons. The van der Waals surface area contributed by atoms with Crippen LogP contribution in [0.2, 0.25) is 0 Å². The fourth-order valence-corrected chi connectivity index (χ4v) is 2.20. The van der Waals surface area contributed by atoms with Gasteiger partial charge in [0.15, 0.2) is 23.3 Å². The van der Waals surface area contributed by atoms with Gasteiger partial charge >= 0.3 is 0 Å². The first-order chi connectivity index (χ1) is 12.3. The molecule has 0 unspecified atom stereocenters. The van der Waals surface area contributed by atoms with Crippen LogP contribution in [0.15, 0.2) is 0 Å². The Morgan fingerprint density at radius 1 is 0.615 bits per heavy atom. The van der Waals surface area contributed by atoms with Crippen LogP contribution in [0, 0.1) is 70.7 Å². The van der Waals surface area contributed by atoms with E-state index in [4.69, 9.17) is 23.7 Å². The number of halogens is 6. The molecule has 0 aliphatic heterocycles. The number of nitriles is 2. The molecular weight excluding hydrogens is 362 g/mol. The Bertz CT molecular complexity index is 1150. The topological polar surface area (TPSA) is 56.3 Å². The standard InChI is InChI=1S/C16F6N4/c1-25-5(3-23)7-11(17)9-10(15(21)13(7)19)12(18)8(6(4-24)26-2)14(20)16(9)22/b7-5-,8-6+. The van der Waals surface area contributed by atoms with Crippen molar-refractivity contribution in [1.29, 1.82) is 10.5 Å². The van der Waals surface area contributed by atoms with E-state index in [0.29, 0.717) is 0 Å². The van der Waals surface area contributed by atoms with Crippen LogP contribution < -0.4 is 10.4 Å². The number of fused-ring (bicyclic) bond motifs is 1. The average molecular weight is 362 g/mol. The molecule has 0 bridgehead atoms. The lowest BCUT2D eigenvalue weighted by molar-refractivity contribution is 0.471. The number of benzene rings is 2. The highest BCUT2D eigenvalue weighted by Crippen LogP contribution is 2.27. The summed E-state index contributed by atoms with van der Waals surface area (Å²) < 4.78 is 85.5. The lowest BCUT2D eigenvalue weighted by atomic mass is 10.0. The first kappa shape index (κ1) is 18.3. The van der Waals surface area contributed by atoms with Crippen molar-refractivity contribution in [3.8, 4) is 12.1 Å². The molecule has 2 aromatic rings. The number of rotatable bonds is 0. The third-order valence-electron chi connectivity index (χ3n) is 3.30. The van der Waals surface area contributed by atoms with Crippen LogP contribution in [0.5, 0.6) is 0 Å². The summed E-state index contributed by atoms with van der Waals surface area (Å²) >= 11 is 0. The monoisotopic (exact) mass is 362 g/mol. The van der Waals surface area contributed by atoms with Crippen molar-refractivity contribution >= 4 is 22.2 Å². The zero-order valence-electron chi connectivity index (χ0n) is 12.1. The van der Waals surface area contributed by atoms with Crippen molar-refractivity contribution in [1.82, 2.24) is 0 Å². The molecule has 10 heteroatoms. The molecule has 0 saturated heterocycles. The minimum absolute atomic E-state index is 1.06. The van der Waals surface area contributed by atoms with Crippen molar-refractivity contribution < 1.29 is 26.3 Å². The Kier molecular flexibility index (Phi) is 4.56. The fourth-order valence-electron chi connectivity index (χ4n) is 2.20. The van der Waals surface area contributed by atoms with Crippen LogP contribution in [0.3, 0.4) is 0 Å². The van der Waals surface area contributed by atoms with Gasteiger partial charge in [0.2, 0.25) is 0 Å². The maximum atomic E-state index is 14.4. The molecule has 0 aliphatic rings. The lowest BCUT2D eigenvalue weighted by Gasteiger charge is -2.09. The Morgan fingerprint density at radius 3 is 1.15 bits per heavy atom. The van der Waals surface area contributed by atoms with Crippen LogP contribution >= 0.6 is 0 Å². The summed E-state index contributed by atoms with van der Waals surface area (Å²) in [6, 6.07) is 2.11. The molecule has 126 valence electrons. The minimum atomic E-state index is -2.22. The summed E-state index contributed by atoms with van der Waals surface area (Å²) in [6.07, 6.45) is 0. The number of hydrogen-bond acceptors (Lipinski definition) is 2. The Balaban J connectivity index is 3.48. The molecule has 0 aliphatic carbocycles. The molecule has 2 aromatic carbocycles. The second-order valence-corrected chi connectivity index (χ2v) is 4.53. The van der Waals surface area contributed by atoms with E-state index in [1.165, 1.54) is 0 Å². The largest absolute Gasteiger partial charge is 0.274 e. The van der Waals surface area contributed by atoms with Crippen LogP contribution in [0.25, 0.3) is 31.9 Å². The maximum Gasteiger partial charge on any atom is 0.274 e. The third-order valence-corrected chi connectivity index (χ3v) is 3.30. The van der Waals surface area contributed by atoms with E-state index in [0.717, 1.165) is 12.1 Å². The highest BCUT2D eigenvalue weighted by atomic mass is 19.2. The first-order valence-corrected chi connectivity index (χ1v) is 6.23. The highest BCUT2D eigenvalue weighted by Gasteiger charge is 2.28. The second kappa shape index (κ2) is 6.47. The Morgan fingerprint density at radius 2 is 0.923 bits per heavy atom. The van der Waals surface area contributed by atoms with Gasteiger partial charge < -0.3 is 0 Å². The molecule has 0 N–H and O–H groups in total. The first-order valence-electron chi connectivity index (χ1n) is 6.23. The second-order valence-electron chi connectivity index (χ2n) is 4.53. The summed E-state index contributed by atoms with van der Waals surface area (Å²) in [6.45, 7) is 13.3. The highest BCUT2D eigenvalue weighted by molar-refractivity contribution is 5.88. The van der Waals surface area contributed by atoms with Gasteiger partial charge in [-0.05, 0) is 0 Å². The van der Waals surface area contributed by atoms with Crippen molar-refractivity contribution in [3.63, 3.8) is 0 Å². The van der Waals surface area contributed by atoms with Crippen molar-refractivity contribution in [3.05, 3.63) is 68.2 Å². The zero-order valence-corrected chi connectivity index (χ0v) is 12.1. The summed E-state index contributed by atoms with van der Waals surface area (Å²) in [5.41, 5.74) is -2.62. The lowest BCUT2D eigenvalue weighted by Crippen LogP contribution is -2.25. The Hall–Kier alpha value is -4.02. The normalized spacial score (nSPS) is 12.5. The molecule has 0 heterocycles. The number of hydrogen-bond donors (Lipinski definition) is 0. The van der Waals surface area contributed by atoms with Gasteiger partial charge in [-0.1, -0.05) is 0 Å². The minimum Gasteiger partial charge on any atom is -0.226 e. The van der Waals surface area contributed by atoms with Crippen LogP contribution in [0.1, 0.15) is 0 Å². The third kappa shape index (κ3) is 2.30. The van der Waals surface area contributed by atoms with Gasteiger partial charge in [-0.15, -0.1) is 0 Å². The average Bonchev–Trinajstić information content (AvgIpc) is 2.63. The fraction of sp³-hybridized carbons (Fsp3) is 0. The van der Waals surface area contributed by atoms with Crippen LogP contribution in [-0.4, -0.2) is 0 Å². The predicted octanol–water partition coefficient (Wildman–Crippen LogP) is 2.78. The summed E-state index contributed by atoms with van der Waals surface area (Å²) in [5, 5.41) is 10.8. The molecule has 4 nitrogen and oxygen atoms in total. The summed E-state index contributed by atoms with van der Waals surface area (Å²) in [4.78, 5) is 4.91. The van der Waals surface area contributed by atoms with Gasteiger partial charge in [-0.3, -0.25) is 0 Å². The quantitative estimate of drug-likeness (QED) is 0.411. The molecule has 0 aromatic heterocycles. The molecule has 0 spiro atoms. The molecular formula is C16F6N4. The van der Waals surface area contributed by atoms with E-state index in [9.17, 15) is 26.3 Å². The van der Waals surface area contributed by atoms with Gasteiger partial charge in [0.25, 0.3) is 11.4 Å². The molecule has 0 saturated carbocycles. The van der Waals surface area contributed by atoms with Crippen LogP contribution in [0.4, 0.5) is 26.3 Å². The van der Waals surface area contributed by atoms with Crippen molar-refractivity contribution in [2.24, 2.45) is 0 Å². The molecule has 26 heavy (non-hydrogen) atoms. The van der Waals surface area contributed by atoms with E-state index in [2.05, 4.69) is 9.69 Å². The van der Waals surface area contributed by atoms with Crippen molar-refractivity contribution in [2.45, 2.75) is 0 Å². The van der Waals surface area contributed by atoms with Gasteiger partial charge in [0.1, 0.15) is 11.6 Å². The van der Waals surface area contributed by atoms with Crippen molar-refractivity contribution in [2.75, 3.05) is 0 Å². The van der Waals surface area contributed by atoms with Gasteiger partial charge in [0, 0.05) is 0 Å². The number of nitrogens with zero attached hydrogens (tertiary/aromatic N) is 4. The molecule has 0 amide bonds. The smallest absolute Gasteiger partial charge is 0.226 e. The van der Waals surface area contributed by atoms with E-state index in [1.807, 2.05) is 0 Å². The zero-order chi connectivity index (χ0) is 19.8. The van der Waals surface area contributed by atoms with E-state index in [-0.39, 0.29) is 0 Å².